The number of ether oxygens (including phenoxy) is 1. The van der Waals surface area contributed by atoms with Gasteiger partial charge < -0.3 is 19.9 Å². The maximum Gasteiger partial charge on any atom is 0.251 e. The van der Waals surface area contributed by atoms with Gasteiger partial charge in [0.1, 0.15) is 6.54 Å². The second kappa shape index (κ2) is 8.84. The molecule has 0 aliphatic carbocycles. The van der Waals surface area contributed by atoms with Crippen LogP contribution in [0.25, 0.3) is 0 Å². The minimum absolute atomic E-state index is 0.0242. The monoisotopic (exact) mass is 331 g/mol. The third-order valence-corrected chi connectivity index (χ3v) is 2.84. The Morgan fingerprint density at radius 3 is 2.89 bits per heavy atom. The molecule has 0 radical (unpaired) electrons. The Kier molecular flexibility index (Phi) is 7.39. The Bertz CT molecular complexity index is 462. The van der Waals surface area contributed by atoms with Crippen LogP contribution in [0, 0.1) is 0 Å². The van der Waals surface area contributed by atoms with Crippen LogP contribution in [-0.4, -0.2) is 43.8 Å². The summed E-state index contributed by atoms with van der Waals surface area (Å²) in [5, 5.41) is 5.85. The van der Waals surface area contributed by atoms with Gasteiger partial charge in [-0.25, -0.2) is 0 Å². The average molecular weight is 332 g/mol. The van der Waals surface area contributed by atoms with Gasteiger partial charge in [0.2, 0.25) is 5.91 Å². The highest BCUT2D eigenvalue weighted by Crippen LogP contribution is 2.04. The molecule has 0 saturated heterocycles. The van der Waals surface area contributed by atoms with Crippen molar-refractivity contribution in [2.75, 3.05) is 33.4 Å². The summed E-state index contributed by atoms with van der Waals surface area (Å²) in [6.07, 6.45) is 1.60. The summed E-state index contributed by atoms with van der Waals surface area (Å²) in [4.78, 5) is 23.1. The van der Waals surface area contributed by atoms with Gasteiger partial charge in [-0.2, -0.15) is 0 Å². The van der Waals surface area contributed by atoms with Crippen molar-refractivity contribution in [3.05, 3.63) is 33.2 Å². The largest absolute Gasteiger partial charge is 0.383 e. The average Bonchev–Trinajstić information content (AvgIpc) is 2.38. The molecule has 0 bridgehead atoms. The van der Waals surface area contributed by atoms with E-state index < -0.39 is 0 Å². The van der Waals surface area contributed by atoms with Crippen molar-refractivity contribution < 1.29 is 9.53 Å². The lowest BCUT2D eigenvalue weighted by atomic mass is 10.4. The second-order valence-corrected chi connectivity index (χ2v) is 4.82. The molecular formula is C12H18BrN3O3. The number of hydrogen-bond donors (Lipinski definition) is 2. The van der Waals surface area contributed by atoms with Crippen LogP contribution in [0.1, 0.15) is 0 Å². The van der Waals surface area contributed by atoms with E-state index in [1.807, 2.05) is 0 Å². The Balaban J connectivity index is 2.27. The first kappa shape index (κ1) is 15.9. The van der Waals surface area contributed by atoms with Crippen LogP contribution < -0.4 is 16.2 Å². The van der Waals surface area contributed by atoms with Crippen molar-refractivity contribution in [2.45, 2.75) is 6.54 Å². The SMILES string of the molecule is COCCNCCNC(=O)Cn1cc(Br)ccc1=O. The zero-order valence-electron chi connectivity index (χ0n) is 10.8. The summed E-state index contributed by atoms with van der Waals surface area (Å²) in [6.45, 7) is 2.60. The molecule has 106 valence electrons. The van der Waals surface area contributed by atoms with E-state index in [4.69, 9.17) is 4.74 Å². The number of nitrogens with zero attached hydrogens (tertiary/aromatic N) is 1. The number of rotatable bonds is 8. The van der Waals surface area contributed by atoms with E-state index in [1.54, 1.807) is 19.4 Å². The molecule has 1 aromatic rings. The van der Waals surface area contributed by atoms with Gasteiger partial charge in [-0.3, -0.25) is 9.59 Å². The fourth-order valence-electron chi connectivity index (χ4n) is 1.43. The molecule has 0 saturated carbocycles. The standard InChI is InChI=1S/C12H18BrN3O3/c1-19-7-6-14-4-5-15-11(17)9-16-8-10(13)2-3-12(16)18/h2-3,8,14H,4-7,9H2,1H3,(H,15,17). The number of methoxy groups -OCH3 is 1. The molecule has 0 spiro atoms. The molecular weight excluding hydrogens is 314 g/mol. The van der Waals surface area contributed by atoms with Crippen LogP contribution in [0.4, 0.5) is 0 Å². The molecule has 0 fully saturated rings. The van der Waals surface area contributed by atoms with Crippen LogP contribution in [-0.2, 0) is 16.1 Å². The van der Waals surface area contributed by atoms with Crippen molar-refractivity contribution in [1.29, 1.82) is 0 Å². The highest BCUT2D eigenvalue weighted by Gasteiger charge is 2.03. The third-order valence-electron chi connectivity index (χ3n) is 2.37. The van der Waals surface area contributed by atoms with Gasteiger partial charge in [-0.05, 0) is 22.0 Å². The summed E-state index contributed by atoms with van der Waals surface area (Å²) in [7, 11) is 1.64. The maximum absolute atomic E-state index is 11.6. The minimum atomic E-state index is -0.198. The minimum Gasteiger partial charge on any atom is -0.383 e. The molecule has 0 atom stereocenters. The quantitative estimate of drug-likeness (QED) is 0.656. The topological polar surface area (TPSA) is 72.4 Å². The molecule has 0 unspecified atom stereocenters. The lowest BCUT2D eigenvalue weighted by molar-refractivity contribution is -0.121. The molecule has 7 heteroatoms. The fraction of sp³-hybridized carbons (Fsp3) is 0.500. The normalized spacial score (nSPS) is 10.4. The van der Waals surface area contributed by atoms with Gasteiger partial charge in [0.15, 0.2) is 0 Å². The first-order valence-corrected chi connectivity index (χ1v) is 6.75. The molecule has 6 nitrogen and oxygen atoms in total. The molecule has 19 heavy (non-hydrogen) atoms. The number of carbonyl (C=O) groups excluding carboxylic acids is 1. The third kappa shape index (κ3) is 6.51. The molecule has 1 rings (SSSR count). The lowest BCUT2D eigenvalue weighted by Gasteiger charge is -2.08. The van der Waals surface area contributed by atoms with Crippen LogP contribution in [0.5, 0.6) is 0 Å². The Morgan fingerprint density at radius 2 is 2.16 bits per heavy atom. The molecule has 2 N–H and O–H groups in total. The van der Waals surface area contributed by atoms with Crippen LogP contribution in [0.3, 0.4) is 0 Å². The number of pyridine rings is 1. The van der Waals surface area contributed by atoms with E-state index in [0.717, 1.165) is 11.0 Å². The summed E-state index contributed by atoms with van der Waals surface area (Å²) in [6, 6.07) is 3.07. The number of halogens is 1. The van der Waals surface area contributed by atoms with E-state index in [0.29, 0.717) is 19.7 Å². The summed E-state index contributed by atoms with van der Waals surface area (Å²) >= 11 is 3.26. The van der Waals surface area contributed by atoms with E-state index in [2.05, 4.69) is 26.6 Å². The van der Waals surface area contributed by atoms with Gasteiger partial charge in [-0.15, -0.1) is 0 Å². The highest BCUT2D eigenvalue weighted by atomic mass is 79.9. The zero-order valence-corrected chi connectivity index (χ0v) is 12.4. The van der Waals surface area contributed by atoms with Crippen LogP contribution in [0.15, 0.2) is 27.6 Å². The summed E-state index contributed by atoms with van der Waals surface area (Å²) < 4.78 is 7.00. The van der Waals surface area contributed by atoms with Crippen LogP contribution in [0.2, 0.25) is 0 Å². The van der Waals surface area contributed by atoms with Gasteiger partial charge in [-0.1, -0.05) is 0 Å². The van der Waals surface area contributed by atoms with Gasteiger partial charge in [0.25, 0.3) is 5.56 Å². The van der Waals surface area contributed by atoms with Gasteiger partial charge in [0.05, 0.1) is 6.61 Å². The molecule has 0 aliphatic rings. The lowest BCUT2D eigenvalue weighted by Crippen LogP contribution is -2.36. The van der Waals surface area contributed by atoms with Gasteiger partial charge >= 0.3 is 0 Å². The van der Waals surface area contributed by atoms with Crippen LogP contribution >= 0.6 is 15.9 Å². The fourth-order valence-corrected chi connectivity index (χ4v) is 1.81. The molecule has 1 amide bonds. The number of nitrogens with one attached hydrogen (secondary N) is 2. The van der Waals surface area contributed by atoms with E-state index in [-0.39, 0.29) is 18.0 Å². The molecule has 0 aromatic carbocycles. The predicted octanol–water partition coefficient (Wildman–Crippen LogP) is -0.0370. The number of carbonyl (C=O) groups is 1. The van der Waals surface area contributed by atoms with E-state index >= 15 is 0 Å². The van der Waals surface area contributed by atoms with E-state index in [1.165, 1.54) is 10.6 Å². The van der Waals surface area contributed by atoms with Crippen molar-refractivity contribution in [2.24, 2.45) is 0 Å². The van der Waals surface area contributed by atoms with Crippen molar-refractivity contribution >= 4 is 21.8 Å². The highest BCUT2D eigenvalue weighted by molar-refractivity contribution is 9.10. The smallest absolute Gasteiger partial charge is 0.251 e. The number of aromatic nitrogens is 1. The number of hydrogen-bond acceptors (Lipinski definition) is 4. The van der Waals surface area contributed by atoms with Gasteiger partial charge in [0, 0.05) is 43.5 Å². The summed E-state index contributed by atoms with van der Waals surface area (Å²) in [5.74, 6) is -0.186. The predicted molar refractivity (Wildman–Crippen MR) is 76.2 cm³/mol. The second-order valence-electron chi connectivity index (χ2n) is 3.91. The first-order valence-electron chi connectivity index (χ1n) is 5.96. The zero-order chi connectivity index (χ0) is 14.1. The first-order chi connectivity index (χ1) is 9.13. The van der Waals surface area contributed by atoms with Crippen molar-refractivity contribution in [3.8, 4) is 0 Å². The van der Waals surface area contributed by atoms with E-state index in [9.17, 15) is 9.59 Å². The summed E-state index contributed by atoms with van der Waals surface area (Å²) in [5.41, 5.74) is -0.198. The number of amides is 1. The molecule has 1 aromatic heterocycles. The van der Waals surface area contributed by atoms with Crippen molar-refractivity contribution in [3.63, 3.8) is 0 Å². The Morgan fingerprint density at radius 1 is 1.37 bits per heavy atom. The van der Waals surface area contributed by atoms with Crippen molar-refractivity contribution in [1.82, 2.24) is 15.2 Å². The molecule has 0 aliphatic heterocycles. The molecule has 1 heterocycles. The maximum atomic E-state index is 11.6. The Labute approximate surface area is 120 Å². The Hall–Kier alpha value is -1.18.